The Labute approximate surface area is 157 Å². The van der Waals surface area contributed by atoms with Gasteiger partial charge in [0.25, 0.3) is 5.91 Å². The summed E-state index contributed by atoms with van der Waals surface area (Å²) in [6.45, 7) is 1.69. The van der Waals surface area contributed by atoms with E-state index >= 15 is 0 Å². The largest absolute Gasteiger partial charge is 0.451 e. The second kappa shape index (κ2) is 8.38. The van der Waals surface area contributed by atoms with Crippen molar-refractivity contribution in [2.45, 2.75) is 18.9 Å². The molecule has 2 heterocycles. The molecule has 1 aromatic heterocycles. The third-order valence-electron chi connectivity index (χ3n) is 4.63. The van der Waals surface area contributed by atoms with Crippen LogP contribution in [0.3, 0.4) is 0 Å². The van der Waals surface area contributed by atoms with Gasteiger partial charge in [0.2, 0.25) is 5.91 Å². The molecule has 1 aromatic carbocycles. The van der Waals surface area contributed by atoms with Crippen molar-refractivity contribution < 1.29 is 14.0 Å². The summed E-state index contributed by atoms with van der Waals surface area (Å²) >= 11 is 5.89. The Morgan fingerprint density at radius 3 is 2.50 bits per heavy atom. The zero-order valence-electron chi connectivity index (χ0n) is 14.5. The lowest BCUT2D eigenvalue weighted by Gasteiger charge is -2.29. The number of rotatable bonds is 5. The lowest BCUT2D eigenvalue weighted by molar-refractivity contribution is -0.124. The number of nitrogens with one attached hydrogen (secondary N) is 3. The Bertz CT molecular complexity index is 767. The maximum Gasteiger partial charge on any atom is 0.287 e. The summed E-state index contributed by atoms with van der Waals surface area (Å²) in [6, 6.07) is 9.95. The van der Waals surface area contributed by atoms with Crippen LogP contribution in [-0.4, -0.2) is 38.0 Å². The molecule has 1 atom stereocenters. The Kier molecular flexibility index (Phi) is 5.96. The molecule has 1 saturated heterocycles. The van der Waals surface area contributed by atoms with Gasteiger partial charge in [0.15, 0.2) is 5.76 Å². The van der Waals surface area contributed by atoms with Gasteiger partial charge in [0.1, 0.15) is 11.8 Å². The number of benzene rings is 1. The van der Waals surface area contributed by atoms with Crippen molar-refractivity contribution in [3.05, 3.63) is 47.2 Å². The van der Waals surface area contributed by atoms with Crippen LogP contribution in [0.15, 0.2) is 40.8 Å². The van der Waals surface area contributed by atoms with Crippen molar-refractivity contribution in [3.8, 4) is 11.3 Å². The number of hydrogen-bond donors (Lipinski definition) is 3. The number of amides is 2. The first-order chi connectivity index (χ1) is 12.6. The lowest BCUT2D eigenvalue weighted by atomic mass is 9.89. The molecule has 0 saturated carbocycles. The molecule has 0 spiro atoms. The molecule has 3 N–H and O–H groups in total. The highest BCUT2D eigenvalue weighted by molar-refractivity contribution is 6.30. The van der Waals surface area contributed by atoms with Gasteiger partial charge in [-0.25, -0.2) is 0 Å². The smallest absolute Gasteiger partial charge is 0.287 e. The molecule has 0 aliphatic carbocycles. The Balaban J connectivity index is 1.73. The molecular weight excluding hydrogens is 354 g/mol. The van der Waals surface area contributed by atoms with Crippen LogP contribution >= 0.6 is 11.6 Å². The van der Waals surface area contributed by atoms with Crippen molar-refractivity contribution in [3.63, 3.8) is 0 Å². The summed E-state index contributed by atoms with van der Waals surface area (Å²) < 4.78 is 5.67. The molecule has 0 bridgehead atoms. The standard InChI is InChI=1S/C19H22ClN3O3/c1-21-19(25)17(13-8-10-22-11-9-13)23-18(24)16-7-6-15(26-16)12-2-4-14(20)5-3-12/h2-7,13,17,22H,8-11H2,1H3,(H,21,25)(H,23,24). The number of hydrogen-bond acceptors (Lipinski definition) is 4. The second-order valence-corrected chi connectivity index (χ2v) is 6.76. The van der Waals surface area contributed by atoms with Gasteiger partial charge in [-0.3, -0.25) is 9.59 Å². The summed E-state index contributed by atoms with van der Waals surface area (Å²) in [5.74, 6) is 0.279. The highest BCUT2D eigenvalue weighted by Crippen LogP contribution is 2.24. The maximum atomic E-state index is 12.6. The Morgan fingerprint density at radius 1 is 1.15 bits per heavy atom. The van der Waals surface area contributed by atoms with Gasteiger partial charge in [-0.2, -0.15) is 0 Å². The molecule has 7 heteroatoms. The van der Waals surface area contributed by atoms with Crippen LogP contribution in [-0.2, 0) is 4.79 Å². The molecule has 1 unspecified atom stereocenters. The molecule has 3 rings (SSSR count). The van der Waals surface area contributed by atoms with E-state index in [2.05, 4.69) is 16.0 Å². The monoisotopic (exact) mass is 375 g/mol. The predicted molar refractivity (Wildman–Crippen MR) is 100 cm³/mol. The molecular formula is C19H22ClN3O3. The quantitative estimate of drug-likeness (QED) is 0.749. The van der Waals surface area contributed by atoms with E-state index in [0.717, 1.165) is 31.5 Å². The van der Waals surface area contributed by atoms with Crippen molar-refractivity contribution in [1.82, 2.24) is 16.0 Å². The zero-order valence-corrected chi connectivity index (χ0v) is 15.3. The molecule has 1 aliphatic rings. The maximum absolute atomic E-state index is 12.6. The summed E-state index contributed by atoms with van der Waals surface area (Å²) in [6.07, 6.45) is 1.68. The van der Waals surface area contributed by atoms with Gasteiger partial charge in [-0.05, 0) is 68.2 Å². The van der Waals surface area contributed by atoms with Crippen molar-refractivity contribution in [2.75, 3.05) is 20.1 Å². The SMILES string of the molecule is CNC(=O)C(NC(=O)c1ccc(-c2ccc(Cl)cc2)o1)C1CCNCC1. The van der Waals surface area contributed by atoms with E-state index in [1.807, 2.05) is 12.1 Å². The fourth-order valence-electron chi connectivity index (χ4n) is 3.17. The molecule has 6 nitrogen and oxygen atoms in total. The van der Waals surface area contributed by atoms with Gasteiger partial charge in [0, 0.05) is 17.6 Å². The normalized spacial score (nSPS) is 16.1. The van der Waals surface area contributed by atoms with Crippen LogP contribution in [0.1, 0.15) is 23.4 Å². The number of halogens is 1. The fraction of sp³-hybridized carbons (Fsp3) is 0.368. The summed E-state index contributed by atoms with van der Waals surface area (Å²) in [5, 5.41) is 9.37. The number of piperidine rings is 1. The number of carbonyl (C=O) groups is 2. The number of furan rings is 1. The average molecular weight is 376 g/mol. The first-order valence-corrected chi connectivity index (χ1v) is 9.05. The van der Waals surface area contributed by atoms with Gasteiger partial charge in [-0.1, -0.05) is 11.6 Å². The molecule has 26 heavy (non-hydrogen) atoms. The van der Waals surface area contributed by atoms with Crippen molar-refractivity contribution in [1.29, 1.82) is 0 Å². The van der Waals surface area contributed by atoms with E-state index in [0.29, 0.717) is 10.8 Å². The van der Waals surface area contributed by atoms with E-state index in [4.69, 9.17) is 16.0 Å². The Hall–Kier alpha value is -2.31. The van der Waals surface area contributed by atoms with Gasteiger partial charge < -0.3 is 20.4 Å². The van der Waals surface area contributed by atoms with Crippen molar-refractivity contribution >= 4 is 23.4 Å². The minimum absolute atomic E-state index is 0.103. The molecule has 1 fully saturated rings. The minimum atomic E-state index is -0.571. The van der Waals surface area contributed by atoms with Crippen LogP contribution < -0.4 is 16.0 Å². The molecule has 2 aromatic rings. The highest BCUT2D eigenvalue weighted by Gasteiger charge is 2.31. The van der Waals surface area contributed by atoms with E-state index in [1.165, 1.54) is 0 Å². The third-order valence-corrected chi connectivity index (χ3v) is 4.88. The summed E-state index contributed by atoms with van der Waals surface area (Å²) in [4.78, 5) is 24.8. The number of carbonyl (C=O) groups excluding carboxylic acids is 2. The molecule has 1 aliphatic heterocycles. The van der Waals surface area contributed by atoms with Crippen LogP contribution in [0.25, 0.3) is 11.3 Å². The minimum Gasteiger partial charge on any atom is -0.451 e. The van der Waals surface area contributed by atoms with E-state index in [-0.39, 0.29) is 17.6 Å². The first-order valence-electron chi connectivity index (χ1n) is 8.67. The highest BCUT2D eigenvalue weighted by atomic mass is 35.5. The van der Waals surface area contributed by atoms with Gasteiger partial charge >= 0.3 is 0 Å². The fourth-order valence-corrected chi connectivity index (χ4v) is 3.30. The summed E-state index contributed by atoms with van der Waals surface area (Å²) in [5.41, 5.74) is 0.828. The molecule has 0 radical (unpaired) electrons. The van der Waals surface area contributed by atoms with Crippen LogP contribution in [0.4, 0.5) is 0 Å². The summed E-state index contributed by atoms with van der Waals surface area (Å²) in [7, 11) is 1.58. The van der Waals surface area contributed by atoms with Crippen LogP contribution in [0, 0.1) is 5.92 Å². The van der Waals surface area contributed by atoms with Gasteiger partial charge in [0.05, 0.1) is 0 Å². The third kappa shape index (κ3) is 4.26. The average Bonchev–Trinajstić information content (AvgIpc) is 3.17. The molecule has 138 valence electrons. The van der Waals surface area contributed by atoms with Crippen LogP contribution in [0.2, 0.25) is 5.02 Å². The van der Waals surface area contributed by atoms with Crippen LogP contribution in [0.5, 0.6) is 0 Å². The van der Waals surface area contributed by atoms with E-state index in [9.17, 15) is 9.59 Å². The first kappa shape index (κ1) is 18.5. The van der Waals surface area contributed by atoms with E-state index < -0.39 is 11.9 Å². The second-order valence-electron chi connectivity index (χ2n) is 6.32. The van der Waals surface area contributed by atoms with E-state index in [1.54, 1.807) is 31.3 Å². The lowest BCUT2D eigenvalue weighted by Crippen LogP contribution is -2.52. The zero-order chi connectivity index (χ0) is 18.5. The predicted octanol–water partition coefficient (Wildman–Crippen LogP) is 2.44. The van der Waals surface area contributed by atoms with Gasteiger partial charge in [-0.15, -0.1) is 0 Å². The Morgan fingerprint density at radius 2 is 1.85 bits per heavy atom. The number of likely N-dealkylation sites (N-methyl/N-ethyl adjacent to an activating group) is 1. The molecule has 2 amide bonds. The van der Waals surface area contributed by atoms with Crippen molar-refractivity contribution in [2.24, 2.45) is 5.92 Å². The topological polar surface area (TPSA) is 83.4 Å².